The van der Waals surface area contributed by atoms with Crippen LogP contribution in [0, 0.1) is 56.7 Å². The van der Waals surface area contributed by atoms with Crippen LogP contribution < -0.4 is 0 Å². The molecule has 0 saturated heterocycles. The molecule has 0 spiro atoms. The van der Waals surface area contributed by atoms with Crippen LogP contribution in [-0.2, 0) is 0 Å². The van der Waals surface area contributed by atoms with Gasteiger partial charge < -0.3 is 15.3 Å². The van der Waals surface area contributed by atoms with E-state index >= 15 is 0 Å². The van der Waals surface area contributed by atoms with Gasteiger partial charge in [0, 0.05) is 10.8 Å². The van der Waals surface area contributed by atoms with Crippen molar-refractivity contribution in [3.8, 4) is 0 Å². The maximum Gasteiger partial charge on any atom is 0.0622 e. The van der Waals surface area contributed by atoms with Gasteiger partial charge in [0.1, 0.15) is 0 Å². The lowest BCUT2D eigenvalue weighted by molar-refractivity contribution is -0.305. The van der Waals surface area contributed by atoms with Gasteiger partial charge in [0.15, 0.2) is 0 Å². The highest BCUT2D eigenvalue weighted by Gasteiger charge is 2.75. The van der Waals surface area contributed by atoms with Gasteiger partial charge >= 0.3 is 0 Å². The molecule has 0 aromatic carbocycles. The molecule has 0 unspecified atom stereocenters. The Morgan fingerprint density at radius 1 is 0.667 bits per heavy atom. The van der Waals surface area contributed by atoms with E-state index in [9.17, 15) is 15.3 Å². The smallest absolute Gasteiger partial charge is 0.0622 e. The molecule has 33 heavy (non-hydrogen) atoms. The molecule has 0 aromatic heterocycles. The van der Waals surface area contributed by atoms with Crippen LogP contribution in [0.2, 0.25) is 0 Å². The van der Waals surface area contributed by atoms with E-state index in [1.54, 1.807) is 0 Å². The zero-order valence-corrected chi connectivity index (χ0v) is 22.7. The summed E-state index contributed by atoms with van der Waals surface area (Å²) in [5.74, 6) is 2.04. The monoisotopic (exact) mass is 460 g/mol. The fraction of sp³-hybridized carbons (Fsp3) is 1.00. The average Bonchev–Trinajstić information content (AvgIpc) is 3.03. The van der Waals surface area contributed by atoms with Crippen molar-refractivity contribution in [2.24, 2.45) is 56.7 Å². The van der Waals surface area contributed by atoms with E-state index in [1.807, 2.05) is 13.8 Å². The molecular formula is C30H52O3. The summed E-state index contributed by atoms with van der Waals surface area (Å²) in [6.07, 6.45) is 9.26. The van der Waals surface area contributed by atoms with E-state index in [0.29, 0.717) is 23.7 Å². The molecule has 0 radical (unpaired) electrons. The van der Waals surface area contributed by atoms with E-state index in [2.05, 4.69) is 41.5 Å². The van der Waals surface area contributed by atoms with Crippen LogP contribution in [0.25, 0.3) is 0 Å². The normalized spacial score (nSPS) is 58.1. The number of fused-ring (bicyclic) bond motifs is 7. The quantitative estimate of drug-likeness (QED) is 0.437. The van der Waals surface area contributed by atoms with Crippen molar-refractivity contribution in [3.63, 3.8) is 0 Å². The van der Waals surface area contributed by atoms with E-state index in [4.69, 9.17) is 0 Å². The molecule has 3 N–H and O–H groups in total. The van der Waals surface area contributed by atoms with Gasteiger partial charge in [-0.3, -0.25) is 0 Å². The van der Waals surface area contributed by atoms with Gasteiger partial charge in [-0.25, -0.2) is 0 Å². The fourth-order valence-corrected chi connectivity index (χ4v) is 12.0. The van der Waals surface area contributed by atoms with Crippen LogP contribution in [0.5, 0.6) is 0 Å². The van der Waals surface area contributed by atoms with Crippen molar-refractivity contribution in [2.75, 3.05) is 0 Å². The molecule has 5 aliphatic rings. The average molecular weight is 461 g/mol. The van der Waals surface area contributed by atoms with Gasteiger partial charge in [0.25, 0.3) is 0 Å². The number of aliphatic hydroxyl groups is 3. The zero-order valence-electron chi connectivity index (χ0n) is 22.7. The molecule has 0 amide bonds. The summed E-state index contributed by atoms with van der Waals surface area (Å²) in [4.78, 5) is 0. The zero-order chi connectivity index (χ0) is 24.4. The van der Waals surface area contributed by atoms with E-state index in [-0.39, 0.29) is 39.1 Å². The van der Waals surface area contributed by atoms with Gasteiger partial charge in [0.2, 0.25) is 0 Å². The predicted molar refractivity (Wildman–Crippen MR) is 134 cm³/mol. The van der Waals surface area contributed by atoms with Gasteiger partial charge in [-0.1, -0.05) is 48.0 Å². The fourth-order valence-electron chi connectivity index (χ4n) is 12.0. The van der Waals surface area contributed by atoms with Gasteiger partial charge in [-0.15, -0.1) is 0 Å². The van der Waals surface area contributed by atoms with Crippen LogP contribution in [-0.4, -0.2) is 33.1 Å². The number of rotatable bonds is 1. The molecule has 3 heteroatoms. The molecule has 3 nitrogen and oxygen atoms in total. The molecule has 0 heterocycles. The molecule has 5 rings (SSSR count). The predicted octanol–water partition coefficient (Wildman–Crippen LogP) is 6.19. The van der Waals surface area contributed by atoms with E-state index < -0.39 is 11.7 Å². The lowest BCUT2D eigenvalue weighted by Gasteiger charge is -2.74. The van der Waals surface area contributed by atoms with Crippen molar-refractivity contribution >= 4 is 0 Å². The molecule has 190 valence electrons. The summed E-state index contributed by atoms with van der Waals surface area (Å²) in [6, 6.07) is 0. The van der Waals surface area contributed by atoms with Gasteiger partial charge in [-0.2, -0.15) is 0 Å². The first-order valence-corrected chi connectivity index (χ1v) is 14.1. The molecule has 0 aromatic rings. The molecule has 11 atom stereocenters. The van der Waals surface area contributed by atoms with Gasteiger partial charge in [0.05, 0.1) is 17.8 Å². The van der Waals surface area contributed by atoms with E-state index in [1.165, 1.54) is 25.7 Å². The maximum atomic E-state index is 12.0. The van der Waals surface area contributed by atoms with Crippen molar-refractivity contribution in [1.29, 1.82) is 0 Å². The Hall–Kier alpha value is -0.120. The number of hydrogen-bond donors (Lipinski definition) is 3. The van der Waals surface area contributed by atoms with Crippen molar-refractivity contribution < 1.29 is 15.3 Å². The Morgan fingerprint density at radius 2 is 1.21 bits per heavy atom. The third-order valence-electron chi connectivity index (χ3n) is 13.8. The Kier molecular flexibility index (Phi) is 5.21. The van der Waals surface area contributed by atoms with Crippen molar-refractivity contribution in [2.45, 2.75) is 131 Å². The second-order valence-electron chi connectivity index (χ2n) is 15.6. The first-order valence-electron chi connectivity index (χ1n) is 14.1. The van der Waals surface area contributed by atoms with Crippen LogP contribution >= 0.6 is 0 Å². The summed E-state index contributed by atoms with van der Waals surface area (Å²) < 4.78 is 0. The Morgan fingerprint density at radius 3 is 1.79 bits per heavy atom. The third kappa shape index (κ3) is 2.85. The highest BCUT2D eigenvalue weighted by molar-refractivity contribution is 5.23. The second kappa shape index (κ2) is 7.00. The van der Waals surface area contributed by atoms with E-state index in [0.717, 1.165) is 32.1 Å². The first kappa shape index (κ1) is 24.6. The summed E-state index contributed by atoms with van der Waals surface area (Å²) >= 11 is 0. The first-order chi connectivity index (χ1) is 15.0. The SMILES string of the molecule is CC(C)(O)[C@H]1CC[C@]2(C)[C@H]3CC[C@@H]4[C@@]5(C)CCCC(C)(C)[C@@H]5C[C@H](O)[C@@]4(C)[C@]3(C)[C@@H](O)C[C@@H]12. The maximum absolute atomic E-state index is 12.0. The minimum absolute atomic E-state index is 0.135. The topological polar surface area (TPSA) is 60.7 Å². The van der Waals surface area contributed by atoms with Crippen molar-refractivity contribution in [3.05, 3.63) is 0 Å². The summed E-state index contributed by atoms with van der Waals surface area (Å²) in [5, 5.41) is 35.0. The molecule has 5 fully saturated rings. The Labute approximate surface area is 203 Å². The summed E-state index contributed by atoms with van der Waals surface area (Å²) in [7, 11) is 0. The molecule has 5 saturated carbocycles. The largest absolute Gasteiger partial charge is 0.393 e. The molecule has 0 aliphatic heterocycles. The Bertz CT molecular complexity index is 799. The number of aliphatic hydroxyl groups excluding tert-OH is 2. The van der Waals surface area contributed by atoms with Crippen LogP contribution in [0.3, 0.4) is 0 Å². The van der Waals surface area contributed by atoms with Crippen LogP contribution in [0.4, 0.5) is 0 Å². The van der Waals surface area contributed by atoms with Crippen LogP contribution in [0.15, 0.2) is 0 Å². The van der Waals surface area contributed by atoms with Crippen molar-refractivity contribution in [1.82, 2.24) is 0 Å². The van der Waals surface area contributed by atoms with Gasteiger partial charge in [-0.05, 0) is 111 Å². The molecule has 0 bridgehead atoms. The lowest BCUT2D eigenvalue weighted by atomic mass is 9.31. The highest BCUT2D eigenvalue weighted by atomic mass is 16.3. The summed E-state index contributed by atoms with van der Waals surface area (Å²) in [6.45, 7) is 18.6. The lowest BCUT2D eigenvalue weighted by Crippen LogP contribution is -2.73. The van der Waals surface area contributed by atoms with Crippen LogP contribution in [0.1, 0.15) is 113 Å². The minimum Gasteiger partial charge on any atom is -0.393 e. The second-order valence-corrected chi connectivity index (χ2v) is 15.6. The number of hydrogen-bond acceptors (Lipinski definition) is 3. The summed E-state index contributed by atoms with van der Waals surface area (Å²) in [5.41, 5.74) is -0.599. The Balaban J connectivity index is 1.59. The standard InChI is InChI=1S/C30H52O3/c1-25(2)13-9-14-28(6)21-11-10-20-27(5)15-12-18(26(3,4)33)19(27)16-23(31)29(20,7)30(21,8)24(32)17-22(25)28/h18-24,31-33H,9-17H2,1-8H3/t18-,19-,20+,21+,22-,23-,24-,27-,28+,29-,30-/m0/s1. The molecule has 5 aliphatic carbocycles. The molecular weight excluding hydrogens is 408 g/mol. The third-order valence-corrected chi connectivity index (χ3v) is 13.8. The minimum atomic E-state index is -0.699. The highest BCUT2D eigenvalue weighted by Crippen LogP contribution is 2.78.